The van der Waals surface area contributed by atoms with Crippen LogP contribution in [0.25, 0.3) is 0 Å². The van der Waals surface area contributed by atoms with Crippen molar-refractivity contribution in [2.45, 2.75) is 341 Å². The average molecular weight is 1130 g/mol. The number of ether oxygens (including phenoxy) is 1. The van der Waals surface area contributed by atoms with Crippen LogP contribution in [0.15, 0.2) is 48.6 Å². The molecule has 0 saturated heterocycles. The van der Waals surface area contributed by atoms with E-state index in [2.05, 4.69) is 62.5 Å². The Balaban J connectivity index is 5.07. The fourth-order valence-corrected chi connectivity index (χ4v) is 10.7. The summed E-state index contributed by atoms with van der Waals surface area (Å²) < 4.78 is 30.4. The first-order valence-corrected chi connectivity index (χ1v) is 35.4. The molecule has 3 unspecified atom stereocenters. The van der Waals surface area contributed by atoms with E-state index in [-0.39, 0.29) is 31.5 Å². The number of carbonyl (C=O) groups is 2. The van der Waals surface area contributed by atoms with Gasteiger partial charge in [-0.25, -0.2) is 0 Å². The second-order valence-electron chi connectivity index (χ2n) is 24.3. The molecular formula is C69H131N2O7P. The molecule has 0 aliphatic heterocycles. The smallest absolute Gasteiger partial charge is 0.306 e. The molecule has 0 rings (SSSR count). The number of rotatable bonds is 62. The number of carbonyl (C=O) groups excluding carboxylic acids is 2. The van der Waals surface area contributed by atoms with Crippen LogP contribution in [0.3, 0.4) is 0 Å². The third kappa shape index (κ3) is 60.4. The summed E-state index contributed by atoms with van der Waals surface area (Å²) in [5.74, 6) is -0.532. The highest BCUT2D eigenvalue weighted by Gasteiger charge is 2.27. The van der Waals surface area contributed by atoms with Crippen LogP contribution in [0.4, 0.5) is 0 Å². The maximum atomic E-state index is 13.6. The molecule has 9 nitrogen and oxygen atoms in total. The van der Waals surface area contributed by atoms with E-state index in [1.807, 2.05) is 33.3 Å². The van der Waals surface area contributed by atoms with Crippen molar-refractivity contribution in [1.82, 2.24) is 5.32 Å². The fraction of sp³-hybridized carbons (Fsp3) is 0.855. The molecule has 3 atom stereocenters. The number of hydrogen-bond acceptors (Lipinski definition) is 7. The quantitative estimate of drug-likeness (QED) is 0.0212. The number of quaternary nitrogens is 1. The van der Waals surface area contributed by atoms with Gasteiger partial charge in [-0.1, -0.05) is 275 Å². The zero-order valence-electron chi connectivity index (χ0n) is 53.1. The van der Waals surface area contributed by atoms with Gasteiger partial charge in [-0.05, 0) is 89.5 Å². The first-order valence-electron chi connectivity index (χ1n) is 33.9. The van der Waals surface area contributed by atoms with Crippen LogP contribution in [0.2, 0.25) is 0 Å². The largest absolute Gasteiger partial charge is 0.756 e. The number of hydrogen-bond donors (Lipinski definition) is 1. The van der Waals surface area contributed by atoms with Crippen molar-refractivity contribution in [2.75, 3.05) is 40.9 Å². The number of amides is 1. The molecule has 1 N–H and O–H groups in total. The zero-order chi connectivity index (χ0) is 57.9. The number of esters is 1. The Morgan fingerprint density at radius 2 is 0.772 bits per heavy atom. The maximum Gasteiger partial charge on any atom is 0.306 e. The van der Waals surface area contributed by atoms with Crippen molar-refractivity contribution in [3.63, 3.8) is 0 Å². The van der Waals surface area contributed by atoms with Crippen LogP contribution in [0.1, 0.15) is 329 Å². The molecule has 0 saturated carbocycles. The van der Waals surface area contributed by atoms with Gasteiger partial charge in [-0.15, -0.1) is 0 Å². The summed E-state index contributed by atoms with van der Waals surface area (Å²) in [6.45, 7) is 6.85. The second-order valence-corrected chi connectivity index (χ2v) is 25.7. The molecule has 0 aliphatic carbocycles. The lowest BCUT2D eigenvalue weighted by molar-refractivity contribution is -0.870. The van der Waals surface area contributed by atoms with Crippen LogP contribution in [0, 0.1) is 0 Å². The normalized spacial score (nSPS) is 13.9. The summed E-state index contributed by atoms with van der Waals surface area (Å²) in [6, 6.07) is -0.888. The van der Waals surface area contributed by atoms with Gasteiger partial charge >= 0.3 is 5.97 Å². The van der Waals surface area contributed by atoms with Gasteiger partial charge in [0.15, 0.2) is 0 Å². The van der Waals surface area contributed by atoms with E-state index in [1.165, 1.54) is 231 Å². The molecule has 0 aromatic heterocycles. The molecule has 0 bridgehead atoms. The monoisotopic (exact) mass is 1130 g/mol. The molecule has 0 aliphatic rings. The predicted octanol–water partition coefficient (Wildman–Crippen LogP) is 20.6. The van der Waals surface area contributed by atoms with Gasteiger partial charge in [0.1, 0.15) is 19.3 Å². The highest BCUT2D eigenvalue weighted by molar-refractivity contribution is 7.45. The number of allylic oxidation sites excluding steroid dienone is 7. The first kappa shape index (κ1) is 77.0. The Labute approximate surface area is 490 Å². The van der Waals surface area contributed by atoms with Gasteiger partial charge in [0.2, 0.25) is 5.91 Å². The Kier molecular flexibility index (Phi) is 57.6. The summed E-state index contributed by atoms with van der Waals surface area (Å²) in [4.78, 5) is 40.1. The zero-order valence-corrected chi connectivity index (χ0v) is 54.0. The van der Waals surface area contributed by atoms with E-state index in [1.54, 1.807) is 0 Å². The number of nitrogens with zero attached hydrogens (tertiary/aromatic N) is 1. The highest BCUT2D eigenvalue weighted by Crippen LogP contribution is 2.38. The topological polar surface area (TPSA) is 114 Å². The van der Waals surface area contributed by atoms with E-state index in [9.17, 15) is 19.0 Å². The van der Waals surface area contributed by atoms with Crippen molar-refractivity contribution in [3.8, 4) is 0 Å². The van der Waals surface area contributed by atoms with Crippen LogP contribution < -0.4 is 10.2 Å². The number of phosphoric ester groups is 1. The van der Waals surface area contributed by atoms with E-state index < -0.39 is 20.0 Å². The van der Waals surface area contributed by atoms with Crippen LogP contribution in [0.5, 0.6) is 0 Å². The number of unbranched alkanes of at least 4 members (excludes halogenated alkanes) is 40. The van der Waals surface area contributed by atoms with Crippen molar-refractivity contribution in [2.24, 2.45) is 0 Å². The second kappa shape index (κ2) is 59.1. The van der Waals surface area contributed by atoms with Gasteiger partial charge in [-0.2, -0.15) is 0 Å². The molecule has 79 heavy (non-hydrogen) atoms. The minimum absolute atomic E-state index is 0.0217. The van der Waals surface area contributed by atoms with Gasteiger partial charge in [-0.3, -0.25) is 14.2 Å². The molecule has 0 radical (unpaired) electrons. The van der Waals surface area contributed by atoms with Gasteiger partial charge in [0.25, 0.3) is 7.82 Å². The highest BCUT2D eigenvalue weighted by atomic mass is 31.2. The minimum Gasteiger partial charge on any atom is -0.756 e. The van der Waals surface area contributed by atoms with Crippen LogP contribution in [-0.4, -0.2) is 69.4 Å². The fourth-order valence-electron chi connectivity index (χ4n) is 9.96. The number of phosphoric acid groups is 1. The first-order chi connectivity index (χ1) is 38.4. The van der Waals surface area contributed by atoms with E-state index in [0.29, 0.717) is 17.4 Å². The lowest BCUT2D eigenvalue weighted by Crippen LogP contribution is -2.47. The van der Waals surface area contributed by atoms with Gasteiger partial charge in [0, 0.05) is 12.8 Å². The van der Waals surface area contributed by atoms with Gasteiger partial charge < -0.3 is 28.5 Å². The maximum absolute atomic E-state index is 13.6. The lowest BCUT2D eigenvalue weighted by Gasteiger charge is -2.30. The van der Waals surface area contributed by atoms with Crippen molar-refractivity contribution in [3.05, 3.63) is 48.6 Å². The molecule has 464 valence electrons. The van der Waals surface area contributed by atoms with Crippen LogP contribution >= 0.6 is 7.82 Å². The minimum atomic E-state index is -4.70. The summed E-state index contributed by atoms with van der Waals surface area (Å²) in [5, 5.41) is 3.04. The average Bonchev–Trinajstić information content (AvgIpc) is 3.41. The summed E-state index contributed by atoms with van der Waals surface area (Å²) in [7, 11) is 1.19. The van der Waals surface area contributed by atoms with Crippen molar-refractivity contribution in [1.29, 1.82) is 0 Å². The molecule has 0 spiro atoms. The summed E-state index contributed by atoms with van der Waals surface area (Å²) >= 11 is 0. The Morgan fingerprint density at radius 3 is 1.18 bits per heavy atom. The van der Waals surface area contributed by atoms with E-state index in [0.717, 1.165) is 64.2 Å². The van der Waals surface area contributed by atoms with Crippen LogP contribution in [-0.2, 0) is 27.9 Å². The lowest BCUT2D eigenvalue weighted by atomic mass is 10.0. The Morgan fingerprint density at radius 1 is 0.443 bits per heavy atom. The predicted molar refractivity (Wildman–Crippen MR) is 339 cm³/mol. The Bertz CT molecular complexity index is 1490. The van der Waals surface area contributed by atoms with Crippen molar-refractivity contribution >= 4 is 19.7 Å². The molecule has 0 heterocycles. The van der Waals surface area contributed by atoms with E-state index in [4.69, 9.17) is 13.8 Å². The molecule has 0 aromatic rings. The standard InChI is InChI=1S/C69H131N2O7P/c1-7-10-13-16-19-22-25-27-29-31-33-34-35-36-38-39-41-43-46-49-52-55-58-61-68(72)70-66(65-77-79(74,75)76-64-63-71(4,5)6)67(60-57-54-51-48-45-24-21-18-15-12-9-3)78-69(73)62-59-56-53-50-47-44-42-40-37-32-30-28-26-23-20-17-14-11-8-2/h19,22,27-30,57,60,66-67H,7-18,20-21,23-26,31-56,58-59,61-65H2,1-6H3,(H-,70,72,74,75)/b22-19-,29-27-,30-28+,60-57-. The molecule has 0 aromatic carbocycles. The number of likely N-dealkylation sites (N-methyl/N-ethyl adjacent to an activating group) is 1. The Hall–Kier alpha value is -2.03. The third-order valence-corrected chi connectivity index (χ3v) is 16.2. The summed E-state index contributed by atoms with van der Waals surface area (Å²) in [5.41, 5.74) is 0. The van der Waals surface area contributed by atoms with Gasteiger partial charge in [0.05, 0.1) is 33.8 Å². The van der Waals surface area contributed by atoms with E-state index >= 15 is 0 Å². The summed E-state index contributed by atoms with van der Waals surface area (Å²) in [6.07, 6.45) is 73.7. The number of nitrogens with one attached hydrogen (secondary N) is 1. The van der Waals surface area contributed by atoms with Crippen molar-refractivity contribution < 1.29 is 37.3 Å². The molecular weight excluding hydrogens is 1000 g/mol. The third-order valence-electron chi connectivity index (χ3n) is 15.2. The molecule has 1 amide bonds. The molecule has 10 heteroatoms. The SMILES string of the molecule is CCCCC/C=C\C/C=C\CCCCCCCCCCCCCCCC(=O)NC(COP(=O)([O-])OCC[N+](C)(C)C)C(/C=C\CCCCCCCCCCC)OC(=O)CCCCCCCCCCC/C=C/CCCCCCCC. The molecule has 0 fully saturated rings.